The summed E-state index contributed by atoms with van der Waals surface area (Å²) in [7, 11) is 0. The number of rotatable bonds is 4. The first-order chi connectivity index (χ1) is 8.68. The second-order valence-electron chi connectivity index (χ2n) is 3.54. The monoisotopic (exact) mass is 266 g/mol. The Bertz CT molecular complexity index is 522. The van der Waals surface area contributed by atoms with E-state index < -0.39 is 0 Å². The Balaban J connectivity index is 1.96. The predicted octanol–water partition coefficient (Wildman–Crippen LogP) is 1.28. The third kappa shape index (κ3) is 2.78. The molecule has 0 aliphatic carbocycles. The SMILES string of the molecule is Nc1cccc(Cl)c1C(=O)NCCc1ncno1. The Kier molecular flexibility index (Phi) is 3.78. The largest absolute Gasteiger partial charge is 0.398 e. The van der Waals surface area contributed by atoms with E-state index in [1.165, 1.54) is 6.33 Å². The molecule has 0 aliphatic heterocycles. The number of hydrogen-bond donors (Lipinski definition) is 2. The minimum atomic E-state index is -0.322. The van der Waals surface area contributed by atoms with Crippen LogP contribution in [-0.2, 0) is 6.42 Å². The molecule has 1 aromatic carbocycles. The number of amides is 1. The standard InChI is InChI=1S/C11H11ClN4O2/c12-7-2-1-3-8(13)10(7)11(17)14-5-4-9-15-6-16-18-9/h1-3,6H,4-5,13H2,(H,14,17). The molecule has 0 saturated heterocycles. The molecule has 3 N–H and O–H groups in total. The molecule has 94 valence electrons. The van der Waals surface area contributed by atoms with Gasteiger partial charge in [-0.15, -0.1) is 0 Å². The Morgan fingerprint density at radius 1 is 1.50 bits per heavy atom. The van der Waals surface area contributed by atoms with E-state index >= 15 is 0 Å². The average molecular weight is 267 g/mol. The molecule has 1 amide bonds. The van der Waals surface area contributed by atoms with Crippen LogP contribution in [0.3, 0.4) is 0 Å². The fourth-order valence-electron chi connectivity index (χ4n) is 1.46. The molecule has 7 heteroatoms. The van der Waals surface area contributed by atoms with Crippen molar-refractivity contribution in [2.24, 2.45) is 0 Å². The van der Waals surface area contributed by atoms with Crippen LogP contribution >= 0.6 is 11.6 Å². The number of benzene rings is 1. The Morgan fingerprint density at radius 3 is 3.00 bits per heavy atom. The molecule has 0 fully saturated rings. The summed E-state index contributed by atoms with van der Waals surface area (Å²) >= 11 is 5.92. The van der Waals surface area contributed by atoms with Gasteiger partial charge in [-0.3, -0.25) is 4.79 Å². The summed E-state index contributed by atoms with van der Waals surface area (Å²) in [4.78, 5) is 15.7. The van der Waals surface area contributed by atoms with Crippen LogP contribution in [-0.4, -0.2) is 22.6 Å². The van der Waals surface area contributed by atoms with Crippen LogP contribution in [0.4, 0.5) is 5.69 Å². The van der Waals surface area contributed by atoms with E-state index in [0.29, 0.717) is 29.6 Å². The van der Waals surface area contributed by atoms with Gasteiger partial charge in [-0.1, -0.05) is 22.8 Å². The van der Waals surface area contributed by atoms with Crippen molar-refractivity contribution in [2.75, 3.05) is 12.3 Å². The van der Waals surface area contributed by atoms with Gasteiger partial charge in [0.05, 0.1) is 10.6 Å². The van der Waals surface area contributed by atoms with Gasteiger partial charge in [0.15, 0.2) is 6.33 Å². The summed E-state index contributed by atoms with van der Waals surface area (Å²) in [5.41, 5.74) is 6.33. The predicted molar refractivity (Wildman–Crippen MR) is 66.2 cm³/mol. The second kappa shape index (κ2) is 5.50. The first-order valence-corrected chi connectivity index (χ1v) is 5.64. The zero-order valence-corrected chi connectivity index (χ0v) is 10.1. The number of nitrogen functional groups attached to an aromatic ring is 1. The molecule has 0 aliphatic rings. The lowest BCUT2D eigenvalue weighted by molar-refractivity contribution is 0.0954. The molecule has 2 rings (SSSR count). The zero-order chi connectivity index (χ0) is 13.0. The number of carbonyl (C=O) groups is 1. The van der Waals surface area contributed by atoms with Crippen LogP contribution in [0.2, 0.25) is 5.02 Å². The van der Waals surface area contributed by atoms with Gasteiger partial charge >= 0.3 is 0 Å². The van der Waals surface area contributed by atoms with Gasteiger partial charge in [0.1, 0.15) is 0 Å². The Labute approximate surface area is 108 Å². The number of anilines is 1. The third-order valence-electron chi connectivity index (χ3n) is 2.30. The number of aromatic nitrogens is 2. The number of nitrogens with zero attached hydrogens (tertiary/aromatic N) is 2. The van der Waals surface area contributed by atoms with Crippen molar-refractivity contribution in [1.29, 1.82) is 0 Å². The zero-order valence-electron chi connectivity index (χ0n) is 9.39. The highest BCUT2D eigenvalue weighted by Crippen LogP contribution is 2.21. The van der Waals surface area contributed by atoms with E-state index in [4.69, 9.17) is 21.9 Å². The van der Waals surface area contributed by atoms with E-state index in [0.717, 1.165) is 0 Å². The van der Waals surface area contributed by atoms with Crippen molar-refractivity contribution in [3.05, 3.63) is 41.0 Å². The molecule has 0 unspecified atom stereocenters. The fourth-order valence-corrected chi connectivity index (χ4v) is 1.73. The summed E-state index contributed by atoms with van der Waals surface area (Å²) in [6.45, 7) is 0.367. The van der Waals surface area contributed by atoms with Crippen molar-refractivity contribution in [3.8, 4) is 0 Å². The topological polar surface area (TPSA) is 94.0 Å². The highest BCUT2D eigenvalue weighted by Gasteiger charge is 2.13. The summed E-state index contributed by atoms with van der Waals surface area (Å²) in [5, 5.41) is 6.48. The maximum absolute atomic E-state index is 11.9. The molecule has 0 atom stereocenters. The molecule has 2 aromatic rings. The van der Waals surface area contributed by atoms with Gasteiger partial charge in [-0.2, -0.15) is 4.98 Å². The van der Waals surface area contributed by atoms with Crippen molar-refractivity contribution in [1.82, 2.24) is 15.5 Å². The Hall–Kier alpha value is -2.08. The Morgan fingerprint density at radius 2 is 2.33 bits per heavy atom. The van der Waals surface area contributed by atoms with E-state index in [1.54, 1.807) is 18.2 Å². The highest BCUT2D eigenvalue weighted by molar-refractivity contribution is 6.34. The van der Waals surface area contributed by atoms with Gasteiger partial charge in [0.25, 0.3) is 5.91 Å². The van der Waals surface area contributed by atoms with Crippen LogP contribution in [0, 0.1) is 0 Å². The van der Waals surface area contributed by atoms with E-state index in [1.807, 2.05) is 0 Å². The molecule has 1 aromatic heterocycles. The summed E-state index contributed by atoms with van der Waals surface area (Å²) in [6.07, 6.45) is 1.76. The molecule has 18 heavy (non-hydrogen) atoms. The van der Waals surface area contributed by atoms with E-state index in [9.17, 15) is 4.79 Å². The lowest BCUT2D eigenvalue weighted by Crippen LogP contribution is -2.26. The van der Waals surface area contributed by atoms with E-state index in [-0.39, 0.29) is 11.5 Å². The molecule has 1 heterocycles. The van der Waals surface area contributed by atoms with Crippen molar-refractivity contribution in [3.63, 3.8) is 0 Å². The minimum Gasteiger partial charge on any atom is -0.398 e. The van der Waals surface area contributed by atoms with Crippen LogP contribution in [0.5, 0.6) is 0 Å². The molecule has 0 radical (unpaired) electrons. The first-order valence-electron chi connectivity index (χ1n) is 5.26. The second-order valence-corrected chi connectivity index (χ2v) is 3.95. The smallest absolute Gasteiger partial charge is 0.254 e. The van der Waals surface area contributed by atoms with Crippen LogP contribution in [0.1, 0.15) is 16.2 Å². The summed E-state index contributed by atoms with van der Waals surface area (Å²) < 4.78 is 4.81. The van der Waals surface area contributed by atoms with Gasteiger partial charge in [0.2, 0.25) is 5.89 Å². The van der Waals surface area contributed by atoms with Crippen LogP contribution < -0.4 is 11.1 Å². The fraction of sp³-hybridized carbons (Fsp3) is 0.182. The van der Waals surface area contributed by atoms with Crippen molar-refractivity contribution < 1.29 is 9.32 Å². The lowest BCUT2D eigenvalue weighted by atomic mass is 10.1. The molecule has 0 saturated carbocycles. The highest BCUT2D eigenvalue weighted by atomic mass is 35.5. The average Bonchev–Trinajstić information content (AvgIpc) is 2.82. The first kappa shape index (κ1) is 12.4. The van der Waals surface area contributed by atoms with Gasteiger partial charge in [-0.05, 0) is 12.1 Å². The number of halogens is 1. The quantitative estimate of drug-likeness (QED) is 0.813. The van der Waals surface area contributed by atoms with Crippen molar-refractivity contribution >= 4 is 23.2 Å². The van der Waals surface area contributed by atoms with E-state index in [2.05, 4.69) is 15.5 Å². The molecule has 6 nitrogen and oxygen atoms in total. The minimum absolute atomic E-state index is 0.282. The molecule has 0 spiro atoms. The lowest BCUT2D eigenvalue weighted by Gasteiger charge is -2.08. The number of hydrogen-bond acceptors (Lipinski definition) is 5. The van der Waals surface area contributed by atoms with Gasteiger partial charge in [-0.25, -0.2) is 0 Å². The molecule has 0 bridgehead atoms. The summed E-state index contributed by atoms with van der Waals surface area (Å²) in [6, 6.07) is 4.93. The number of carbonyl (C=O) groups excluding carboxylic acids is 1. The van der Waals surface area contributed by atoms with Gasteiger partial charge < -0.3 is 15.6 Å². The van der Waals surface area contributed by atoms with Crippen molar-refractivity contribution in [2.45, 2.75) is 6.42 Å². The van der Waals surface area contributed by atoms with Crippen LogP contribution in [0.15, 0.2) is 29.0 Å². The molecular formula is C11H11ClN4O2. The number of nitrogens with one attached hydrogen (secondary N) is 1. The number of nitrogens with two attached hydrogens (primary N) is 1. The summed E-state index contributed by atoms with van der Waals surface area (Å²) in [5.74, 6) is 0.139. The maximum atomic E-state index is 11.9. The maximum Gasteiger partial charge on any atom is 0.254 e. The third-order valence-corrected chi connectivity index (χ3v) is 2.62. The molecular weight excluding hydrogens is 256 g/mol. The van der Waals surface area contributed by atoms with Gasteiger partial charge in [0, 0.05) is 18.7 Å². The van der Waals surface area contributed by atoms with Crippen LogP contribution in [0.25, 0.3) is 0 Å². The normalized spacial score (nSPS) is 10.3.